The average Bonchev–Trinajstić information content (AvgIpc) is 2.47. The third-order valence-corrected chi connectivity index (χ3v) is 2.73. The molecule has 0 heterocycles. The van der Waals surface area contributed by atoms with Crippen molar-refractivity contribution in [2.24, 2.45) is 0 Å². The van der Waals surface area contributed by atoms with Crippen LogP contribution in [0.2, 0.25) is 0 Å². The summed E-state index contributed by atoms with van der Waals surface area (Å²) in [5.41, 5.74) is 2.23. The van der Waals surface area contributed by atoms with E-state index < -0.39 is 0 Å². The van der Waals surface area contributed by atoms with Crippen molar-refractivity contribution in [3.8, 4) is 5.75 Å². The second-order valence-electron chi connectivity index (χ2n) is 4.15. The van der Waals surface area contributed by atoms with Gasteiger partial charge in [0.15, 0.2) is 0 Å². The van der Waals surface area contributed by atoms with E-state index in [1.54, 1.807) is 6.08 Å². The molecule has 0 N–H and O–H groups in total. The first-order chi connectivity index (χ1) is 9.38. The Morgan fingerprint density at radius 3 is 2.63 bits per heavy atom. The summed E-state index contributed by atoms with van der Waals surface area (Å²) in [4.78, 5) is 10.3. The highest BCUT2D eigenvalue weighted by molar-refractivity contribution is 5.74. The maximum absolute atomic E-state index is 10.3. The van der Waals surface area contributed by atoms with Crippen molar-refractivity contribution in [3.05, 3.63) is 71.8 Å². The van der Waals surface area contributed by atoms with E-state index in [0.717, 1.165) is 24.0 Å². The fourth-order valence-electron chi connectivity index (χ4n) is 1.79. The number of ether oxygens (including phenoxy) is 1. The van der Waals surface area contributed by atoms with E-state index in [1.807, 2.05) is 42.5 Å². The lowest BCUT2D eigenvalue weighted by Gasteiger charge is -2.06. The van der Waals surface area contributed by atoms with Gasteiger partial charge < -0.3 is 4.74 Å². The summed E-state index contributed by atoms with van der Waals surface area (Å²) in [5, 5.41) is 0. The van der Waals surface area contributed by atoms with Crippen LogP contribution in [0.4, 0.5) is 0 Å². The van der Waals surface area contributed by atoms with Gasteiger partial charge in [-0.15, -0.1) is 0 Å². The first-order valence-corrected chi connectivity index (χ1v) is 6.27. The molecule has 0 aromatic heterocycles. The second kappa shape index (κ2) is 7.17. The zero-order valence-electron chi connectivity index (χ0n) is 10.7. The van der Waals surface area contributed by atoms with Crippen LogP contribution in [0.5, 0.6) is 5.75 Å². The van der Waals surface area contributed by atoms with Crippen LogP contribution in [0, 0.1) is 0 Å². The van der Waals surface area contributed by atoms with Crippen LogP contribution < -0.4 is 4.74 Å². The molecule has 2 heteroatoms. The molecule has 2 nitrogen and oxygen atoms in total. The first-order valence-electron chi connectivity index (χ1n) is 6.27. The molecule has 0 saturated heterocycles. The normalized spacial score (nSPS) is 10.5. The predicted octanol–water partition coefficient (Wildman–Crippen LogP) is 3.52. The molecule has 0 radical (unpaired) electrons. The van der Waals surface area contributed by atoms with Gasteiger partial charge in [-0.2, -0.15) is 0 Å². The predicted molar refractivity (Wildman–Crippen MR) is 77.2 cm³/mol. The third-order valence-electron chi connectivity index (χ3n) is 2.73. The number of aldehydes is 1. The molecule has 2 rings (SSSR count). The summed E-state index contributed by atoms with van der Waals surface area (Å²) in [6.07, 6.45) is 4.89. The topological polar surface area (TPSA) is 26.3 Å². The lowest BCUT2D eigenvalue weighted by atomic mass is 10.2. The molecule has 0 saturated carbocycles. The number of allylic oxidation sites excluding steroid dienone is 1. The lowest BCUT2D eigenvalue weighted by Crippen LogP contribution is -2.01. The van der Waals surface area contributed by atoms with E-state index in [0.29, 0.717) is 6.61 Å². The van der Waals surface area contributed by atoms with Gasteiger partial charge in [0.1, 0.15) is 12.0 Å². The minimum atomic E-state index is 0.644. The summed E-state index contributed by atoms with van der Waals surface area (Å²) in [6.45, 7) is 0.644. The molecule has 19 heavy (non-hydrogen) atoms. The smallest absolute Gasteiger partial charge is 0.142 e. The van der Waals surface area contributed by atoms with Gasteiger partial charge in [0.05, 0.1) is 6.61 Å². The quantitative estimate of drug-likeness (QED) is 0.581. The Morgan fingerprint density at radius 1 is 1.00 bits per heavy atom. The average molecular weight is 252 g/mol. The van der Waals surface area contributed by atoms with Crippen molar-refractivity contribution in [2.45, 2.75) is 6.42 Å². The lowest BCUT2D eigenvalue weighted by molar-refractivity contribution is -0.104. The molecule has 0 atom stereocenters. The van der Waals surface area contributed by atoms with Crippen molar-refractivity contribution in [3.63, 3.8) is 0 Å². The molecule has 0 spiro atoms. The molecule has 2 aromatic rings. The van der Waals surface area contributed by atoms with Gasteiger partial charge in [0, 0.05) is 6.42 Å². The molecule has 2 aromatic carbocycles. The highest BCUT2D eigenvalue weighted by atomic mass is 16.5. The molecule has 0 bridgehead atoms. The fraction of sp³-hybridized carbons (Fsp3) is 0.118. The summed E-state index contributed by atoms with van der Waals surface area (Å²) >= 11 is 0. The van der Waals surface area contributed by atoms with Gasteiger partial charge in [-0.3, -0.25) is 4.79 Å². The molecule has 0 unspecified atom stereocenters. The van der Waals surface area contributed by atoms with Gasteiger partial charge in [-0.25, -0.2) is 0 Å². The van der Waals surface area contributed by atoms with Crippen LogP contribution in [-0.2, 0) is 11.2 Å². The molecular formula is C17H16O2. The van der Waals surface area contributed by atoms with E-state index in [-0.39, 0.29) is 0 Å². The zero-order chi connectivity index (χ0) is 13.3. The van der Waals surface area contributed by atoms with Crippen molar-refractivity contribution in [1.29, 1.82) is 0 Å². The Kier molecular flexibility index (Phi) is 4.94. The van der Waals surface area contributed by atoms with Crippen LogP contribution >= 0.6 is 0 Å². The third kappa shape index (κ3) is 4.43. The summed E-state index contributed by atoms with van der Waals surface area (Å²) in [5.74, 6) is 0.823. The number of benzene rings is 2. The Hall–Kier alpha value is -2.35. The molecule has 0 aliphatic heterocycles. The van der Waals surface area contributed by atoms with E-state index in [4.69, 9.17) is 4.74 Å². The first kappa shape index (κ1) is 13.1. The van der Waals surface area contributed by atoms with Crippen LogP contribution in [0.15, 0.2) is 60.7 Å². The standard InChI is InChI=1S/C17H16O2/c18-12-5-9-16-8-4-10-17(14-16)19-13-11-15-6-2-1-3-7-15/h1-10,12,14H,11,13H2/b9-5+. The van der Waals surface area contributed by atoms with Gasteiger partial charge in [-0.1, -0.05) is 48.5 Å². The molecule has 96 valence electrons. The van der Waals surface area contributed by atoms with E-state index >= 15 is 0 Å². The molecule has 0 amide bonds. The zero-order valence-corrected chi connectivity index (χ0v) is 10.7. The van der Waals surface area contributed by atoms with Gasteiger partial charge >= 0.3 is 0 Å². The maximum atomic E-state index is 10.3. The van der Waals surface area contributed by atoms with Crippen molar-refractivity contribution in [1.82, 2.24) is 0 Å². The molecule has 0 aliphatic rings. The van der Waals surface area contributed by atoms with Gasteiger partial charge in [-0.05, 0) is 29.3 Å². The van der Waals surface area contributed by atoms with Crippen LogP contribution in [0.25, 0.3) is 6.08 Å². The molecular weight excluding hydrogens is 236 g/mol. The van der Waals surface area contributed by atoms with Crippen LogP contribution in [0.1, 0.15) is 11.1 Å². The van der Waals surface area contributed by atoms with Crippen LogP contribution in [-0.4, -0.2) is 12.9 Å². The monoisotopic (exact) mass is 252 g/mol. The maximum Gasteiger partial charge on any atom is 0.142 e. The summed E-state index contributed by atoms with van der Waals surface area (Å²) < 4.78 is 5.71. The summed E-state index contributed by atoms with van der Waals surface area (Å²) in [7, 11) is 0. The van der Waals surface area contributed by atoms with E-state index in [2.05, 4.69) is 12.1 Å². The van der Waals surface area contributed by atoms with Crippen molar-refractivity contribution >= 4 is 12.4 Å². The number of carbonyl (C=O) groups excluding carboxylic acids is 1. The number of rotatable bonds is 6. The van der Waals surface area contributed by atoms with Gasteiger partial charge in [0.25, 0.3) is 0 Å². The Labute approximate surface area is 113 Å². The number of hydrogen-bond acceptors (Lipinski definition) is 2. The summed E-state index contributed by atoms with van der Waals surface area (Å²) in [6, 6.07) is 17.9. The minimum absolute atomic E-state index is 0.644. The Morgan fingerprint density at radius 2 is 1.84 bits per heavy atom. The minimum Gasteiger partial charge on any atom is -0.493 e. The number of hydrogen-bond donors (Lipinski definition) is 0. The fourth-order valence-corrected chi connectivity index (χ4v) is 1.79. The highest BCUT2D eigenvalue weighted by Crippen LogP contribution is 2.14. The van der Waals surface area contributed by atoms with Gasteiger partial charge in [0.2, 0.25) is 0 Å². The number of carbonyl (C=O) groups is 1. The van der Waals surface area contributed by atoms with Crippen molar-refractivity contribution in [2.75, 3.05) is 6.61 Å². The molecule has 0 aliphatic carbocycles. The highest BCUT2D eigenvalue weighted by Gasteiger charge is 1.96. The largest absolute Gasteiger partial charge is 0.493 e. The molecule has 0 fully saturated rings. The van der Waals surface area contributed by atoms with Crippen LogP contribution in [0.3, 0.4) is 0 Å². The Bertz CT molecular complexity index is 544. The second-order valence-corrected chi connectivity index (χ2v) is 4.15. The SMILES string of the molecule is O=C/C=C/c1cccc(OCCc2ccccc2)c1. The Balaban J connectivity index is 1.89. The van der Waals surface area contributed by atoms with E-state index in [9.17, 15) is 4.79 Å². The van der Waals surface area contributed by atoms with E-state index in [1.165, 1.54) is 11.6 Å². The van der Waals surface area contributed by atoms with Crippen molar-refractivity contribution < 1.29 is 9.53 Å².